The van der Waals surface area contributed by atoms with Crippen LogP contribution >= 0.6 is 23.2 Å². The van der Waals surface area contributed by atoms with Gasteiger partial charge in [-0.2, -0.15) is 0 Å². The van der Waals surface area contributed by atoms with E-state index in [1.165, 1.54) is 0 Å². The fourth-order valence-corrected chi connectivity index (χ4v) is 2.81. The van der Waals surface area contributed by atoms with Crippen LogP contribution in [-0.2, 0) is 0 Å². The van der Waals surface area contributed by atoms with Gasteiger partial charge in [-0.25, -0.2) is 4.98 Å². The molecule has 0 unspecified atom stereocenters. The minimum Gasteiger partial charge on any atom is -0.314 e. The molecule has 0 aliphatic carbocycles. The van der Waals surface area contributed by atoms with Crippen molar-refractivity contribution < 1.29 is 0 Å². The van der Waals surface area contributed by atoms with Gasteiger partial charge in [0.2, 0.25) is 0 Å². The van der Waals surface area contributed by atoms with E-state index in [2.05, 4.69) is 22.1 Å². The van der Waals surface area contributed by atoms with Gasteiger partial charge in [-0.05, 0) is 12.5 Å². The Morgan fingerprint density at radius 3 is 2.65 bits per heavy atom. The van der Waals surface area contributed by atoms with E-state index in [0.29, 0.717) is 16.3 Å². The van der Waals surface area contributed by atoms with Gasteiger partial charge < -0.3 is 5.32 Å². The van der Waals surface area contributed by atoms with Gasteiger partial charge in [0.15, 0.2) is 0 Å². The second kappa shape index (κ2) is 6.01. The monoisotopic (exact) mass is 273 g/mol. The number of nitrogens with one attached hydrogen (secondary N) is 1. The van der Waals surface area contributed by atoms with Crippen LogP contribution in [0.15, 0.2) is 12.1 Å². The molecule has 1 atom stereocenters. The van der Waals surface area contributed by atoms with Gasteiger partial charge >= 0.3 is 0 Å². The molecular formula is C12H17Cl2N3. The molecule has 3 nitrogen and oxygen atoms in total. The molecule has 2 rings (SSSR count). The van der Waals surface area contributed by atoms with E-state index in [1.54, 1.807) is 0 Å². The molecule has 17 heavy (non-hydrogen) atoms. The summed E-state index contributed by atoms with van der Waals surface area (Å²) >= 11 is 12.0. The molecular weight excluding hydrogens is 257 g/mol. The average Bonchev–Trinajstić information content (AvgIpc) is 2.34. The number of piperazine rings is 1. The third-order valence-corrected chi connectivity index (χ3v) is 3.69. The van der Waals surface area contributed by atoms with Crippen molar-refractivity contribution in [3.8, 4) is 0 Å². The van der Waals surface area contributed by atoms with Crippen molar-refractivity contribution in [1.29, 1.82) is 0 Å². The predicted octanol–water partition coefficient (Wildman–Crippen LogP) is 2.74. The Morgan fingerprint density at radius 1 is 1.35 bits per heavy atom. The van der Waals surface area contributed by atoms with Crippen LogP contribution in [-0.4, -0.2) is 36.1 Å². The standard InChI is InChI=1S/C12H17Cl2N3/c1-2-10(17-7-5-15-6-8-17)9-3-4-11(13)16-12(9)14/h3-4,10,15H,2,5-8H2,1H3/t10-/m1/s1. The van der Waals surface area contributed by atoms with E-state index in [4.69, 9.17) is 23.2 Å². The van der Waals surface area contributed by atoms with Crippen LogP contribution in [0.25, 0.3) is 0 Å². The Kier molecular flexibility index (Phi) is 4.62. The van der Waals surface area contributed by atoms with Crippen molar-refractivity contribution in [1.82, 2.24) is 15.2 Å². The van der Waals surface area contributed by atoms with E-state index < -0.39 is 0 Å². The molecule has 0 radical (unpaired) electrons. The summed E-state index contributed by atoms with van der Waals surface area (Å²) in [5, 5.41) is 4.34. The van der Waals surface area contributed by atoms with E-state index >= 15 is 0 Å². The topological polar surface area (TPSA) is 28.2 Å². The molecule has 1 aromatic rings. The van der Waals surface area contributed by atoms with Crippen LogP contribution in [0.3, 0.4) is 0 Å². The van der Waals surface area contributed by atoms with Crippen molar-refractivity contribution >= 4 is 23.2 Å². The molecule has 0 saturated carbocycles. The lowest BCUT2D eigenvalue weighted by atomic mass is 10.0. The number of rotatable bonds is 3. The lowest BCUT2D eigenvalue weighted by molar-refractivity contribution is 0.169. The summed E-state index contributed by atoms with van der Waals surface area (Å²) in [5.74, 6) is 0. The normalized spacial score (nSPS) is 19.2. The average molecular weight is 274 g/mol. The van der Waals surface area contributed by atoms with Crippen LogP contribution in [0.2, 0.25) is 10.3 Å². The highest BCUT2D eigenvalue weighted by Crippen LogP contribution is 2.30. The van der Waals surface area contributed by atoms with Gasteiger partial charge in [0, 0.05) is 37.8 Å². The molecule has 5 heteroatoms. The number of aromatic nitrogens is 1. The van der Waals surface area contributed by atoms with Gasteiger partial charge in [0.25, 0.3) is 0 Å². The van der Waals surface area contributed by atoms with Crippen molar-refractivity contribution in [3.05, 3.63) is 28.0 Å². The van der Waals surface area contributed by atoms with Gasteiger partial charge in [0.1, 0.15) is 10.3 Å². The lowest BCUT2D eigenvalue weighted by Gasteiger charge is -2.34. The van der Waals surface area contributed by atoms with Crippen LogP contribution < -0.4 is 5.32 Å². The summed E-state index contributed by atoms with van der Waals surface area (Å²) in [7, 11) is 0. The van der Waals surface area contributed by atoms with E-state index in [1.807, 2.05) is 12.1 Å². The van der Waals surface area contributed by atoms with E-state index in [0.717, 1.165) is 38.2 Å². The van der Waals surface area contributed by atoms with E-state index in [9.17, 15) is 0 Å². The Bertz CT molecular complexity index is 378. The zero-order chi connectivity index (χ0) is 12.3. The number of hydrogen-bond donors (Lipinski definition) is 1. The fraction of sp³-hybridized carbons (Fsp3) is 0.583. The van der Waals surface area contributed by atoms with Crippen LogP contribution in [0.1, 0.15) is 24.9 Å². The molecule has 1 fully saturated rings. The zero-order valence-electron chi connectivity index (χ0n) is 9.92. The molecule has 1 saturated heterocycles. The maximum atomic E-state index is 6.18. The molecule has 1 aromatic heterocycles. The Labute approximate surface area is 112 Å². The largest absolute Gasteiger partial charge is 0.314 e. The minimum atomic E-state index is 0.342. The first kappa shape index (κ1) is 13.1. The maximum Gasteiger partial charge on any atom is 0.135 e. The zero-order valence-corrected chi connectivity index (χ0v) is 11.4. The first-order valence-corrected chi connectivity index (χ1v) is 6.74. The first-order chi connectivity index (χ1) is 8.22. The molecule has 1 aliphatic rings. The SMILES string of the molecule is CC[C@H](c1ccc(Cl)nc1Cl)N1CCNCC1. The summed E-state index contributed by atoms with van der Waals surface area (Å²) in [6.07, 6.45) is 1.03. The smallest absolute Gasteiger partial charge is 0.135 e. The van der Waals surface area contributed by atoms with Crippen molar-refractivity contribution in [2.45, 2.75) is 19.4 Å². The van der Waals surface area contributed by atoms with Gasteiger partial charge in [-0.1, -0.05) is 36.2 Å². The number of hydrogen-bond acceptors (Lipinski definition) is 3. The fourth-order valence-electron chi connectivity index (χ4n) is 2.34. The Balaban J connectivity index is 2.21. The van der Waals surface area contributed by atoms with Gasteiger partial charge in [-0.15, -0.1) is 0 Å². The second-order valence-electron chi connectivity index (χ2n) is 4.22. The minimum absolute atomic E-state index is 0.342. The van der Waals surface area contributed by atoms with Crippen LogP contribution in [0, 0.1) is 0 Å². The Hall–Kier alpha value is -0.350. The van der Waals surface area contributed by atoms with Crippen molar-refractivity contribution in [2.75, 3.05) is 26.2 Å². The summed E-state index contributed by atoms with van der Waals surface area (Å²) in [6, 6.07) is 4.15. The highest BCUT2D eigenvalue weighted by atomic mass is 35.5. The lowest BCUT2D eigenvalue weighted by Crippen LogP contribution is -2.45. The third-order valence-electron chi connectivity index (χ3n) is 3.18. The molecule has 2 heterocycles. The predicted molar refractivity (Wildman–Crippen MR) is 71.7 cm³/mol. The molecule has 0 bridgehead atoms. The highest BCUT2D eigenvalue weighted by molar-refractivity contribution is 6.32. The summed E-state index contributed by atoms with van der Waals surface area (Å²) in [6.45, 7) is 6.36. The second-order valence-corrected chi connectivity index (χ2v) is 4.97. The molecule has 1 N–H and O–H groups in total. The number of nitrogens with zero attached hydrogens (tertiary/aromatic N) is 2. The highest BCUT2D eigenvalue weighted by Gasteiger charge is 2.22. The Morgan fingerprint density at radius 2 is 2.06 bits per heavy atom. The molecule has 94 valence electrons. The van der Waals surface area contributed by atoms with Crippen LogP contribution in [0.4, 0.5) is 0 Å². The quantitative estimate of drug-likeness (QED) is 0.859. The number of halogens is 2. The molecule has 1 aliphatic heterocycles. The van der Waals surface area contributed by atoms with Crippen molar-refractivity contribution in [2.24, 2.45) is 0 Å². The summed E-state index contributed by atoms with van der Waals surface area (Å²) < 4.78 is 0. The third kappa shape index (κ3) is 3.10. The van der Waals surface area contributed by atoms with Crippen molar-refractivity contribution in [3.63, 3.8) is 0 Å². The summed E-state index contributed by atoms with van der Waals surface area (Å²) in [4.78, 5) is 6.58. The molecule has 0 spiro atoms. The number of pyridine rings is 1. The van der Waals surface area contributed by atoms with Gasteiger partial charge in [0.05, 0.1) is 0 Å². The van der Waals surface area contributed by atoms with Gasteiger partial charge in [-0.3, -0.25) is 4.90 Å². The molecule has 0 aromatic carbocycles. The van der Waals surface area contributed by atoms with Crippen LogP contribution in [0.5, 0.6) is 0 Å². The maximum absolute atomic E-state index is 6.18. The summed E-state index contributed by atoms with van der Waals surface area (Å²) in [5.41, 5.74) is 1.08. The molecule has 0 amide bonds. The first-order valence-electron chi connectivity index (χ1n) is 5.99. The van der Waals surface area contributed by atoms with E-state index in [-0.39, 0.29) is 0 Å².